The summed E-state index contributed by atoms with van der Waals surface area (Å²) in [5.41, 5.74) is -1.02. The zero-order valence-corrected chi connectivity index (χ0v) is 24.6. The van der Waals surface area contributed by atoms with E-state index in [1.54, 1.807) is 33.1 Å². The van der Waals surface area contributed by atoms with Gasteiger partial charge in [-0.25, -0.2) is 4.79 Å². The zero-order chi connectivity index (χ0) is 31.4. The highest BCUT2D eigenvalue weighted by atomic mass is 16.6. The third kappa shape index (κ3) is 5.90. The predicted octanol–water partition coefficient (Wildman–Crippen LogP) is 5.54. The van der Waals surface area contributed by atoms with E-state index < -0.39 is 33.7 Å². The van der Waals surface area contributed by atoms with Gasteiger partial charge in [0.2, 0.25) is 0 Å². The number of allylic oxidation sites excluding steroid dienone is 1. The zero-order valence-electron chi connectivity index (χ0n) is 24.6. The number of carboxylic acid groups (broad SMARTS) is 2. The van der Waals surface area contributed by atoms with Crippen molar-refractivity contribution in [3.8, 4) is 11.5 Å². The minimum atomic E-state index is -1.66. The van der Waals surface area contributed by atoms with Gasteiger partial charge in [-0.2, -0.15) is 0 Å². The van der Waals surface area contributed by atoms with Crippen molar-refractivity contribution in [2.24, 2.45) is 5.92 Å². The molecule has 0 saturated heterocycles. The smallest absolute Gasteiger partial charge is 0.334 e. The summed E-state index contributed by atoms with van der Waals surface area (Å²) in [5.74, 6) is -2.61. The molecule has 0 radical (unpaired) electrons. The Morgan fingerprint density at radius 2 is 1.47 bits per heavy atom. The fourth-order valence-electron chi connectivity index (χ4n) is 6.79. The second-order valence-electron chi connectivity index (χ2n) is 11.0. The van der Waals surface area contributed by atoms with Crippen molar-refractivity contribution < 1.29 is 34.2 Å². The van der Waals surface area contributed by atoms with Crippen molar-refractivity contribution in [1.82, 2.24) is 5.32 Å². The Bertz CT molecular complexity index is 1570. The molecule has 0 fully saturated rings. The molecule has 43 heavy (non-hydrogen) atoms. The highest BCUT2D eigenvalue weighted by Crippen LogP contribution is 2.53. The fraction of sp³-hybridized carbons (Fsp3) is 0.333. The number of carboxylic acids is 2. The molecule has 0 saturated carbocycles. The monoisotopic (exact) mass is 588 g/mol. The van der Waals surface area contributed by atoms with Crippen LogP contribution in [0.2, 0.25) is 0 Å². The Hall–Kier alpha value is -4.86. The van der Waals surface area contributed by atoms with Gasteiger partial charge in [-0.15, -0.1) is 0 Å². The van der Waals surface area contributed by atoms with Crippen molar-refractivity contribution >= 4 is 17.6 Å². The molecule has 0 spiro atoms. The van der Waals surface area contributed by atoms with Gasteiger partial charge in [0.15, 0.2) is 0 Å². The van der Waals surface area contributed by atoms with Crippen LogP contribution in [0.5, 0.6) is 11.5 Å². The largest absolute Gasteiger partial charge is 0.496 e. The lowest BCUT2D eigenvalue weighted by Gasteiger charge is -2.53. The molecular weight excluding hydrogens is 552 g/mol. The number of hydrogen-bond acceptors (Lipinski definition) is 7. The molecule has 3 unspecified atom stereocenters. The molecular formula is C33H36N2O8. The van der Waals surface area contributed by atoms with Gasteiger partial charge in [0.1, 0.15) is 11.5 Å². The number of aliphatic carboxylic acids is 2. The average Bonchev–Trinajstić information content (AvgIpc) is 2.98. The molecule has 10 nitrogen and oxygen atoms in total. The first-order valence-electron chi connectivity index (χ1n) is 13.9. The number of methoxy groups -OCH3 is 2. The lowest BCUT2D eigenvalue weighted by molar-refractivity contribution is -0.385. The maximum absolute atomic E-state index is 13.5. The first-order valence-corrected chi connectivity index (χ1v) is 13.9. The number of hydrogen-bond donors (Lipinski definition) is 3. The topological polar surface area (TPSA) is 148 Å². The quantitative estimate of drug-likeness (QED) is 0.183. The molecule has 0 aromatic heterocycles. The van der Waals surface area contributed by atoms with Gasteiger partial charge in [-0.3, -0.25) is 14.9 Å². The van der Waals surface area contributed by atoms with E-state index in [0.717, 1.165) is 11.1 Å². The SMILES string of the molecule is COc1ccccc1CCC1(C)NC(C)=C(C(=O)O)C(CCc2ccccc2OC)(c2cccc([N+](=O)[O-])c2)C1C(=O)O. The van der Waals surface area contributed by atoms with Gasteiger partial charge < -0.3 is 25.0 Å². The molecule has 3 aromatic carbocycles. The normalized spacial score (nSPS) is 21.5. The third-order valence-corrected chi connectivity index (χ3v) is 8.54. The van der Waals surface area contributed by atoms with Crippen LogP contribution in [0.1, 0.15) is 43.4 Å². The highest BCUT2D eigenvalue weighted by molar-refractivity contribution is 5.94. The van der Waals surface area contributed by atoms with E-state index in [1.807, 2.05) is 42.5 Å². The number of aryl methyl sites for hydroxylation is 2. The third-order valence-electron chi connectivity index (χ3n) is 8.54. The molecule has 4 rings (SSSR count). The second kappa shape index (κ2) is 12.6. The number of carbonyl (C=O) groups is 2. The predicted molar refractivity (Wildman–Crippen MR) is 160 cm³/mol. The summed E-state index contributed by atoms with van der Waals surface area (Å²) in [4.78, 5) is 37.9. The molecule has 1 aliphatic rings. The summed E-state index contributed by atoms with van der Waals surface area (Å²) < 4.78 is 11.1. The van der Waals surface area contributed by atoms with Crippen molar-refractivity contribution in [3.05, 3.63) is 111 Å². The number of nitro benzene ring substituents is 1. The van der Waals surface area contributed by atoms with E-state index in [2.05, 4.69) is 5.32 Å². The standard InChI is InChI=1S/C33H36N2O8/c1-21-28(30(36)37)33(24-12-9-13-25(20-24)35(40)41,19-17-23-11-6-8-15-27(23)43-4)29(31(38)39)32(2,34-21)18-16-22-10-5-7-14-26(22)42-3/h5-15,20,29,34H,16-19H2,1-4H3,(H,36,37)(H,38,39). The summed E-state index contributed by atoms with van der Waals surface area (Å²) >= 11 is 0. The first kappa shape index (κ1) is 31.1. The number of benzene rings is 3. The number of non-ortho nitro benzene ring substituents is 1. The molecule has 226 valence electrons. The van der Waals surface area contributed by atoms with Crippen LogP contribution in [0.25, 0.3) is 0 Å². The first-order chi connectivity index (χ1) is 20.5. The van der Waals surface area contributed by atoms with Crippen LogP contribution in [0.3, 0.4) is 0 Å². The van der Waals surface area contributed by atoms with E-state index in [1.165, 1.54) is 25.3 Å². The number of nitrogens with one attached hydrogen (secondary N) is 1. The van der Waals surface area contributed by atoms with Gasteiger partial charge in [0.25, 0.3) is 5.69 Å². The Balaban J connectivity index is 1.97. The number of rotatable bonds is 12. The van der Waals surface area contributed by atoms with E-state index in [9.17, 15) is 29.9 Å². The van der Waals surface area contributed by atoms with Crippen LogP contribution < -0.4 is 14.8 Å². The van der Waals surface area contributed by atoms with Crippen LogP contribution in [0.15, 0.2) is 84.1 Å². The lowest BCUT2D eigenvalue weighted by atomic mass is 9.54. The number of nitrogens with zero attached hydrogens (tertiary/aromatic N) is 1. The molecule has 1 aliphatic heterocycles. The fourth-order valence-corrected chi connectivity index (χ4v) is 6.79. The molecule has 0 amide bonds. The Kier molecular flexibility index (Phi) is 9.08. The molecule has 0 bridgehead atoms. The molecule has 1 heterocycles. The van der Waals surface area contributed by atoms with Crippen molar-refractivity contribution in [2.45, 2.75) is 50.5 Å². The molecule has 0 aliphatic carbocycles. The number of nitro groups is 1. The lowest BCUT2D eigenvalue weighted by Crippen LogP contribution is -2.64. The molecule has 3 N–H and O–H groups in total. The van der Waals surface area contributed by atoms with Gasteiger partial charge in [-0.1, -0.05) is 48.5 Å². The van der Waals surface area contributed by atoms with Gasteiger partial charge in [-0.05, 0) is 68.4 Å². The number of ether oxygens (including phenoxy) is 2. The Morgan fingerprint density at radius 1 is 0.907 bits per heavy atom. The van der Waals surface area contributed by atoms with Crippen LogP contribution in [-0.2, 0) is 27.8 Å². The van der Waals surface area contributed by atoms with E-state index in [-0.39, 0.29) is 29.7 Å². The van der Waals surface area contributed by atoms with Crippen LogP contribution >= 0.6 is 0 Å². The van der Waals surface area contributed by atoms with Gasteiger partial charge in [0.05, 0.1) is 30.6 Å². The molecule has 3 aromatic rings. The average molecular weight is 589 g/mol. The van der Waals surface area contributed by atoms with Crippen molar-refractivity contribution in [2.75, 3.05) is 14.2 Å². The van der Waals surface area contributed by atoms with Crippen LogP contribution in [-0.4, -0.2) is 46.8 Å². The minimum absolute atomic E-state index is 0.0381. The minimum Gasteiger partial charge on any atom is -0.496 e. The second-order valence-corrected chi connectivity index (χ2v) is 11.0. The highest BCUT2D eigenvalue weighted by Gasteiger charge is 2.60. The number of para-hydroxylation sites is 2. The van der Waals surface area contributed by atoms with Crippen molar-refractivity contribution in [1.29, 1.82) is 0 Å². The van der Waals surface area contributed by atoms with Gasteiger partial charge >= 0.3 is 11.9 Å². The summed E-state index contributed by atoms with van der Waals surface area (Å²) in [6, 6.07) is 20.4. The molecule has 3 atom stereocenters. The van der Waals surface area contributed by atoms with Crippen LogP contribution in [0, 0.1) is 16.0 Å². The van der Waals surface area contributed by atoms with E-state index >= 15 is 0 Å². The Morgan fingerprint density at radius 3 is 1.98 bits per heavy atom. The van der Waals surface area contributed by atoms with Gasteiger partial charge in [0, 0.05) is 28.8 Å². The summed E-state index contributed by atoms with van der Waals surface area (Å²) in [5, 5.41) is 36.8. The summed E-state index contributed by atoms with van der Waals surface area (Å²) in [6.45, 7) is 3.40. The summed E-state index contributed by atoms with van der Waals surface area (Å²) in [6.07, 6.45) is 1.03. The Labute approximate surface area is 250 Å². The van der Waals surface area contributed by atoms with E-state index in [4.69, 9.17) is 9.47 Å². The maximum Gasteiger partial charge on any atom is 0.334 e. The van der Waals surface area contributed by atoms with E-state index in [0.29, 0.717) is 30.0 Å². The van der Waals surface area contributed by atoms with Crippen LogP contribution in [0.4, 0.5) is 5.69 Å². The van der Waals surface area contributed by atoms with Crippen molar-refractivity contribution in [3.63, 3.8) is 0 Å². The summed E-state index contributed by atoms with van der Waals surface area (Å²) in [7, 11) is 3.10. The maximum atomic E-state index is 13.5. The molecule has 10 heteroatoms.